The van der Waals surface area contributed by atoms with Crippen molar-refractivity contribution in [1.29, 1.82) is 0 Å². The number of carbonyl (C=O) groups excluding carboxylic acids is 1. The van der Waals surface area contributed by atoms with Crippen molar-refractivity contribution in [3.63, 3.8) is 0 Å². The van der Waals surface area contributed by atoms with Gasteiger partial charge in [0.1, 0.15) is 5.69 Å². The number of pyridine rings is 2. The second-order valence-electron chi connectivity index (χ2n) is 4.56. The van der Waals surface area contributed by atoms with Crippen molar-refractivity contribution in [2.45, 2.75) is 26.4 Å². The van der Waals surface area contributed by atoms with Gasteiger partial charge < -0.3 is 4.90 Å². The molecule has 98 valence electrons. The first-order valence-corrected chi connectivity index (χ1v) is 6.30. The summed E-state index contributed by atoms with van der Waals surface area (Å²) in [6, 6.07) is 11.2. The first-order valence-electron chi connectivity index (χ1n) is 6.30. The van der Waals surface area contributed by atoms with Gasteiger partial charge in [-0.1, -0.05) is 12.1 Å². The molecule has 0 saturated carbocycles. The van der Waals surface area contributed by atoms with Crippen molar-refractivity contribution >= 4 is 5.91 Å². The van der Waals surface area contributed by atoms with Crippen molar-refractivity contribution < 1.29 is 4.79 Å². The molecule has 0 radical (unpaired) electrons. The third kappa shape index (κ3) is 3.37. The quantitative estimate of drug-likeness (QED) is 0.843. The number of rotatable bonds is 4. The molecule has 0 atom stereocenters. The van der Waals surface area contributed by atoms with E-state index in [0.717, 1.165) is 5.69 Å². The summed E-state index contributed by atoms with van der Waals surface area (Å²) in [5.41, 5.74) is 1.34. The SMILES string of the molecule is CC(C)N(Cc1ccccn1)C(=O)c1ccccn1. The Bertz CT molecular complexity index is 526. The molecule has 0 unspecified atom stereocenters. The molecule has 0 saturated heterocycles. The van der Waals surface area contributed by atoms with E-state index in [1.807, 2.05) is 38.1 Å². The molecular formula is C15H17N3O. The molecule has 0 fully saturated rings. The summed E-state index contributed by atoms with van der Waals surface area (Å²) in [6.07, 6.45) is 3.37. The zero-order valence-electron chi connectivity index (χ0n) is 11.2. The highest BCUT2D eigenvalue weighted by Gasteiger charge is 2.20. The Kier molecular flexibility index (Phi) is 4.23. The fourth-order valence-electron chi connectivity index (χ4n) is 1.79. The van der Waals surface area contributed by atoms with Gasteiger partial charge in [0.25, 0.3) is 5.91 Å². The number of hydrogen-bond donors (Lipinski definition) is 0. The van der Waals surface area contributed by atoms with Gasteiger partial charge >= 0.3 is 0 Å². The Morgan fingerprint density at radius 1 is 1.11 bits per heavy atom. The van der Waals surface area contributed by atoms with E-state index in [1.165, 1.54) is 0 Å². The van der Waals surface area contributed by atoms with E-state index in [4.69, 9.17) is 0 Å². The van der Waals surface area contributed by atoms with Crippen LogP contribution in [0.2, 0.25) is 0 Å². The minimum Gasteiger partial charge on any atom is -0.329 e. The summed E-state index contributed by atoms with van der Waals surface area (Å²) in [5, 5.41) is 0. The Morgan fingerprint density at radius 3 is 2.32 bits per heavy atom. The molecule has 2 aromatic heterocycles. The molecular weight excluding hydrogens is 238 g/mol. The minimum atomic E-state index is -0.0683. The second-order valence-corrected chi connectivity index (χ2v) is 4.56. The van der Waals surface area contributed by atoms with Gasteiger partial charge in [-0.25, -0.2) is 0 Å². The highest BCUT2D eigenvalue weighted by Crippen LogP contribution is 2.10. The number of amides is 1. The van der Waals surface area contributed by atoms with Crippen LogP contribution in [0.25, 0.3) is 0 Å². The first-order chi connectivity index (χ1) is 9.18. The lowest BCUT2D eigenvalue weighted by Gasteiger charge is -2.26. The highest BCUT2D eigenvalue weighted by atomic mass is 16.2. The van der Waals surface area contributed by atoms with Crippen molar-refractivity contribution in [3.05, 3.63) is 60.2 Å². The average molecular weight is 255 g/mol. The maximum atomic E-state index is 12.4. The summed E-state index contributed by atoms with van der Waals surface area (Å²) >= 11 is 0. The lowest BCUT2D eigenvalue weighted by atomic mass is 10.2. The predicted molar refractivity (Wildman–Crippen MR) is 73.5 cm³/mol. The van der Waals surface area contributed by atoms with Crippen LogP contribution in [0.1, 0.15) is 30.0 Å². The van der Waals surface area contributed by atoms with Gasteiger partial charge in [0.05, 0.1) is 12.2 Å². The van der Waals surface area contributed by atoms with Gasteiger partial charge in [0.15, 0.2) is 0 Å². The predicted octanol–water partition coefficient (Wildman–Crippen LogP) is 2.53. The van der Waals surface area contributed by atoms with Crippen molar-refractivity contribution in [1.82, 2.24) is 14.9 Å². The third-order valence-corrected chi connectivity index (χ3v) is 2.83. The fourth-order valence-corrected chi connectivity index (χ4v) is 1.79. The van der Waals surface area contributed by atoms with Gasteiger partial charge in [-0.05, 0) is 38.1 Å². The van der Waals surface area contributed by atoms with Crippen LogP contribution in [0.4, 0.5) is 0 Å². The molecule has 2 rings (SSSR count). The lowest BCUT2D eigenvalue weighted by Crippen LogP contribution is -2.37. The van der Waals surface area contributed by atoms with Crippen LogP contribution in [-0.2, 0) is 6.54 Å². The summed E-state index contributed by atoms with van der Waals surface area (Å²) in [7, 11) is 0. The molecule has 0 aliphatic heterocycles. The number of carbonyl (C=O) groups is 1. The number of aromatic nitrogens is 2. The first kappa shape index (κ1) is 13.2. The maximum Gasteiger partial charge on any atom is 0.273 e. The van der Waals surface area contributed by atoms with Crippen LogP contribution in [0, 0.1) is 0 Å². The molecule has 1 amide bonds. The van der Waals surface area contributed by atoms with Crippen LogP contribution < -0.4 is 0 Å². The monoisotopic (exact) mass is 255 g/mol. The molecule has 0 spiro atoms. The van der Waals surface area contributed by atoms with E-state index < -0.39 is 0 Å². The van der Waals surface area contributed by atoms with E-state index in [2.05, 4.69) is 9.97 Å². The minimum absolute atomic E-state index is 0.0683. The molecule has 4 nitrogen and oxygen atoms in total. The molecule has 19 heavy (non-hydrogen) atoms. The molecule has 0 bridgehead atoms. The van der Waals surface area contributed by atoms with Crippen molar-refractivity contribution in [2.75, 3.05) is 0 Å². The number of nitrogens with zero attached hydrogens (tertiary/aromatic N) is 3. The average Bonchev–Trinajstić information content (AvgIpc) is 2.46. The van der Waals surface area contributed by atoms with E-state index in [-0.39, 0.29) is 11.9 Å². The Hall–Kier alpha value is -2.23. The zero-order chi connectivity index (χ0) is 13.7. The summed E-state index contributed by atoms with van der Waals surface area (Å²) in [6.45, 7) is 4.47. The fraction of sp³-hybridized carbons (Fsp3) is 0.267. The van der Waals surface area contributed by atoms with E-state index in [0.29, 0.717) is 12.2 Å². The van der Waals surface area contributed by atoms with Crippen LogP contribution in [0.3, 0.4) is 0 Å². The zero-order valence-corrected chi connectivity index (χ0v) is 11.2. The summed E-state index contributed by atoms with van der Waals surface area (Å²) < 4.78 is 0. The summed E-state index contributed by atoms with van der Waals surface area (Å²) in [5.74, 6) is -0.0683. The summed E-state index contributed by atoms with van der Waals surface area (Å²) in [4.78, 5) is 22.6. The molecule has 0 aliphatic carbocycles. The van der Waals surface area contributed by atoms with Crippen molar-refractivity contribution in [2.24, 2.45) is 0 Å². The molecule has 0 aromatic carbocycles. The van der Waals surface area contributed by atoms with Crippen molar-refractivity contribution in [3.8, 4) is 0 Å². The smallest absolute Gasteiger partial charge is 0.273 e. The van der Waals surface area contributed by atoms with Crippen LogP contribution in [-0.4, -0.2) is 26.8 Å². The third-order valence-electron chi connectivity index (χ3n) is 2.83. The molecule has 2 heterocycles. The Labute approximate surface area is 113 Å². The standard InChI is InChI=1S/C15H17N3O/c1-12(2)18(11-13-7-3-5-9-16-13)15(19)14-8-4-6-10-17-14/h3-10,12H,11H2,1-2H3. The lowest BCUT2D eigenvalue weighted by molar-refractivity contribution is 0.0681. The maximum absolute atomic E-state index is 12.4. The van der Waals surface area contributed by atoms with Crippen LogP contribution in [0.5, 0.6) is 0 Å². The highest BCUT2D eigenvalue weighted by molar-refractivity contribution is 5.92. The van der Waals surface area contributed by atoms with Crippen LogP contribution >= 0.6 is 0 Å². The van der Waals surface area contributed by atoms with E-state index >= 15 is 0 Å². The molecule has 0 N–H and O–H groups in total. The largest absolute Gasteiger partial charge is 0.329 e. The van der Waals surface area contributed by atoms with Gasteiger partial charge in [0, 0.05) is 18.4 Å². The van der Waals surface area contributed by atoms with Gasteiger partial charge in [-0.15, -0.1) is 0 Å². The Balaban J connectivity index is 2.19. The van der Waals surface area contributed by atoms with Gasteiger partial charge in [0.2, 0.25) is 0 Å². The molecule has 2 aromatic rings. The van der Waals surface area contributed by atoms with Gasteiger partial charge in [-0.3, -0.25) is 14.8 Å². The second kappa shape index (κ2) is 6.09. The molecule has 4 heteroatoms. The number of hydrogen-bond acceptors (Lipinski definition) is 3. The Morgan fingerprint density at radius 2 is 1.79 bits per heavy atom. The van der Waals surface area contributed by atoms with E-state index in [1.54, 1.807) is 29.4 Å². The van der Waals surface area contributed by atoms with Crippen LogP contribution in [0.15, 0.2) is 48.8 Å². The molecule has 0 aliphatic rings. The van der Waals surface area contributed by atoms with E-state index in [9.17, 15) is 4.79 Å². The normalized spacial score (nSPS) is 10.5. The van der Waals surface area contributed by atoms with Gasteiger partial charge in [-0.2, -0.15) is 0 Å². The topological polar surface area (TPSA) is 46.1 Å².